The van der Waals surface area contributed by atoms with E-state index in [-0.39, 0.29) is 17.9 Å². The van der Waals surface area contributed by atoms with E-state index in [1.807, 2.05) is 11.8 Å². The van der Waals surface area contributed by atoms with Gasteiger partial charge in [0.2, 0.25) is 5.91 Å². The van der Waals surface area contributed by atoms with Crippen molar-refractivity contribution in [2.75, 3.05) is 19.7 Å². The first-order valence-electron chi connectivity index (χ1n) is 6.66. The van der Waals surface area contributed by atoms with Gasteiger partial charge in [-0.3, -0.25) is 4.79 Å². The summed E-state index contributed by atoms with van der Waals surface area (Å²) in [6.45, 7) is 3.64. The van der Waals surface area contributed by atoms with Gasteiger partial charge in [0.05, 0.1) is 6.61 Å². The normalized spacial score (nSPS) is 34.5. The van der Waals surface area contributed by atoms with Gasteiger partial charge in [-0.1, -0.05) is 19.8 Å². The van der Waals surface area contributed by atoms with Crippen LogP contribution in [-0.2, 0) is 4.79 Å². The van der Waals surface area contributed by atoms with Gasteiger partial charge < -0.3 is 10.0 Å². The Morgan fingerprint density at radius 3 is 2.94 bits per heavy atom. The highest BCUT2D eigenvalue weighted by molar-refractivity contribution is 6.30. The van der Waals surface area contributed by atoms with E-state index < -0.39 is 5.38 Å². The third kappa shape index (κ3) is 2.32. The zero-order valence-electron chi connectivity index (χ0n) is 10.5. The molecule has 0 aromatic rings. The maximum Gasteiger partial charge on any atom is 0.240 e. The molecule has 2 aliphatic rings. The highest BCUT2D eigenvalue weighted by Crippen LogP contribution is 2.46. The second-order valence-electron chi connectivity index (χ2n) is 5.56. The van der Waals surface area contributed by atoms with Crippen molar-refractivity contribution in [2.24, 2.45) is 11.3 Å². The van der Waals surface area contributed by atoms with Crippen molar-refractivity contribution in [3.63, 3.8) is 0 Å². The lowest BCUT2D eigenvalue weighted by atomic mass is 9.69. The fourth-order valence-corrected chi connectivity index (χ4v) is 3.52. The van der Waals surface area contributed by atoms with Crippen LogP contribution in [0.4, 0.5) is 0 Å². The van der Waals surface area contributed by atoms with E-state index in [4.69, 9.17) is 11.6 Å². The minimum Gasteiger partial charge on any atom is -0.396 e. The molecule has 1 amide bonds. The molecule has 17 heavy (non-hydrogen) atoms. The second-order valence-corrected chi connectivity index (χ2v) is 6.08. The molecule has 0 bridgehead atoms. The van der Waals surface area contributed by atoms with Crippen LogP contribution in [0.15, 0.2) is 0 Å². The molecule has 0 unspecified atom stereocenters. The number of carbonyl (C=O) groups excluding carboxylic acids is 1. The van der Waals surface area contributed by atoms with E-state index in [1.165, 1.54) is 12.8 Å². The van der Waals surface area contributed by atoms with Gasteiger partial charge in [0.15, 0.2) is 0 Å². The van der Waals surface area contributed by atoms with Crippen molar-refractivity contribution in [3.8, 4) is 0 Å². The number of aliphatic hydroxyl groups is 1. The van der Waals surface area contributed by atoms with Gasteiger partial charge in [0.1, 0.15) is 5.38 Å². The molecule has 0 radical (unpaired) electrons. The quantitative estimate of drug-likeness (QED) is 0.788. The van der Waals surface area contributed by atoms with Gasteiger partial charge in [-0.05, 0) is 25.2 Å². The lowest BCUT2D eigenvalue weighted by Gasteiger charge is -2.36. The fraction of sp³-hybridized carbons (Fsp3) is 0.923. The Hall–Kier alpha value is -0.280. The Morgan fingerprint density at radius 2 is 2.35 bits per heavy atom. The lowest BCUT2D eigenvalue weighted by molar-refractivity contribution is -0.130. The van der Waals surface area contributed by atoms with Crippen LogP contribution in [0.2, 0.25) is 0 Å². The summed E-state index contributed by atoms with van der Waals surface area (Å²) in [4.78, 5) is 14.0. The van der Waals surface area contributed by atoms with Crippen LogP contribution in [-0.4, -0.2) is 41.0 Å². The van der Waals surface area contributed by atoms with E-state index >= 15 is 0 Å². The van der Waals surface area contributed by atoms with Crippen LogP contribution in [0, 0.1) is 11.3 Å². The first kappa shape index (κ1) is 13.2. The molecule has 0 aromatic carbocycles. The van der Waals surface area contributed by atoms with Gasteiger partial charge in [-0.15, -0.1) is 11.6 Å². The minimum atomic E-state index is -0.397. The maximum atomic E-state index is 12.1. The third-order valence-corrected chi connectivity index (χ3v) is 5.04. The van der Waals surface area contributed by atoms with Gasteiger partial charge in [0, 0.05) is 18.5 Å². The van der Waals surface area contributed by atoms with Crippen LogP contribution < -0.4 is 0 Å². The molecule has 1 N–H and O–H groups in total. The van der Waals surface area contributed by atoms with Gasteiger partial charge in [-0.25, -0.2) is 0 Å². The molecule has 4 heteroatoms. The standard InChI is InChI=1S/C13H22ClNO2/c1-2-11(14)12(17)15-7-10-5-3-4-6-13(10,8-15)9-16/h10-11,16H,2-9H2,1H3/t10-,11-,13+/m0/s1. The van der Waals surface area contributed by atoms with E-state index in [0.29, 0.717) is 18.9 Å². The van der Waals surface area contributed by atoms with Crippen molar-refractivity contribution in [1.29, 1.82) is 0 Å². The number of nitrogens with zero attached hydrogens (tertiary/aromatic N) is 1. The van der Waals surface area contributed by atoms with Crippen LogP contribution in [0.1, 0.15) is 39.0 Å². The Labute approximate surface area is 108 Å². The number of likely N-dealkylation sites (tertiary alicyclic amines) is 1. The predicted octanol–water partition coefficient (Wildman–Crippen LogP) is 2.01. The molecule has 1 saturated heterocycles. The molecular weight excluding hydrogens is 238 g/mol. The zero-order chi connectivity index (χ0) is 12.5. The Kier molecular flexibility index (Phi) is 3.99. The average molecular weight is 260 g/mol. The minimum absolute atomic E-state index is 0.0295. The van der Waals surface area contributed by atoms with Crippen LogP contribution in [0.5, 0.6) is 0 Å². The SMILES string of the molecule is CC[C@H](Cl)C(=O)N1C[C@@H]2CCCC[C@]2(CO)C1. The number of hydrogen-bond acceptors (Lipinski definition) is 2. The summed E-state index contributed by atoms with van der Waals surface area (Å²) >= 11 is 6.03. The molecular formula is C13H22ClNO2. The molecule has 0 spiro atoms. The highest BCUT2D eigenvalue weighted by Gasteiger charge is 2.48. The smallest absolute Gasteiger partial charge is 0.240 e. The number of halogens is 1. The predicted molar refractivity (Wildman–Crippen MR) is 68.0 cm³/mol. The van der Waals surface area contributed by atoms with Crippen molar-refractivity contribution < 1.29 is 9.90 Å². The summed E-state index contributed by atoms with van der Waals surface area (Å²) in [6.07, 6.45) is 5.28. The molecule has 1 heterocycles. The number of aliphatic hydroxyl groups excluding tert-OH is 1. The molecule has 1 aliphatic heterocycles. The molecule has 98 valence electrons. The number of fused-ring (bicyclic) bond motifs is 1. The molecule has 2 rings (SSSR count). The van der Waals surface area contributed by atoms with E-state index in [0.717, 1.165) is 19.4 Å². The zero-order valence-corrected chi connectivity index (χ0v) is 11.2. The molecule has 1 aliphatic carbocycles. The van der Waals surface area contributed by atoms with Crippen LogP contribution in [0.3, 0.4) is 0 Å². The summed E-state index contributed by atoms with van der Waals surface area (Å²) in [5.74, 6) is 0.530. The number of rotatable bonds is 3. The number of alkyl halides is 1. The summed E-state index contributed by atoms with van der Waals surface area (Å²) in [5.41, 5.74) is -0.0295. The van der Waals surface area contributed by atoms with Crippen molar-refractivity contribution in [1.82, 2.24) is 4.90 Å². The first-order chi connectivity index (χ1) is 8.13. The van der Waals surface area contributed by atoms with E-state index in [1.54, 1.807) is 0 Å². The largest absolute Gasteiger partial charge is 0.396 e. The summed E-state index contributed by atoms with van der Waals surface area (Å²) in [5, 5.41) is 9.28. The van der Waals surface area contributed by atoms with Crippen molar-refractivity contribution >= 4 is 17.5 Å². The van der Waals surface area contributed by atoms with Gasteiger partial charge >= 0.3 is 0 Å². The number of hydrogen-bond donors (Lipinski definition) is 1. The van der Waals surface area contributed by atoms with E-state index in [2.05, 4.69) is 0 Å². The molecule has 3 nitrogen and oxygen atoms in total. The summed E-state index contributed by atoms with van der Waals surface area (Å²) in [7, 11) is 0. The topological polar surface area (TPSA) is 40.5 Å². The summed E-state index contributed by atoms with van der Waals surface area (Å²) in [6, 6.07) is 0. The molecule has 2 fully saturated rings. The monoisotopic (exact) mass is 259 g/mol. The average Bonchev–Trinajstić information content (AvgIpc) is 2.76. The number of amides is 1. The third-order valence-electron chi connectivity index (χ3n) is 4.54. The van der Waals surface area contributed by atoms with Crippen LogP contribution >= 0.6 is 11.6 Å². The van der Waals surface area contributed by atoms with E-state index in [9.17, 15) is 9.90 Å². The lowest BCUT2D eigenvalue weighted by Crippen LogP contribution is -2.39. The van der Waals surface area contributed by atoms with Crippen molar-refractivity contribution in [3.05, 3.63) is 0 Å². The Morgan fingerprint density at radius 1 is 1.59 bits per heavy atom. The Bertz CT molecular complexity index is 297. The Balaban J connectivity index is 2.08. The maximum absolute atomic E-state index is 12.1. The second kappa shape index (κ2) is 5.15. The highest BCUT2D eigenvalue weighted by atomic mass is 35.5. The number of carbonyl (C=O) groups is 1. The molecule has 0 aromatic heterocycles. The van der Waals surface area contributed by atoms with Gasteiger partial charge in [-0.2, -0.15) is 0 Å². The van der Waals surface area contributed by atoms with Crippen molar-refractivity contribution in [2.45, 2.75) is 44.4 Å². The molecule has 3 atom stereocenters. The van der Waals surface area contributed by atoms with Crippen LogP contribution in [0.25, 0.3) is 0 Å². The first-order valence-corrected chi connectivity index (χ1v) is 7.10. The van der Waals surface area contributed by atoms with Gasteiger partial charge in [0.25, 0.3) is 0 Å². The fourth-order valence-electron chi connectivity index (χ4n) is 3.38. The molecule has 1 saturated carbocycles. The summed E-state index contributed by atoms with van der Waals surface area (Å²) < 4.78 is 0.